The van der Waals surface area contributed by atoms with Crippen LogP contribution in [0.1, 0.15) is 123 Å². The molecule has 4 amide bonds. The van der Waals surface area contributed by atoms with Crippen LogP contribution < -0.4 is 21.3 Å². The lowest BCUT2D eigenvalue weighted by Gasteiger charge is -2.12. The van der Waals surface area contributed by atoms with Crippen molar-refractivity contribution < 1.29 is 19.2 Å². The molecule has 294 valence electrons. The molecule has 4 rings (SSSR count). The highest BCUT2D eigenvalue weighted by atomic mass is 16.2. The van der Waals surface area contributed by atoms with Crippen LogP contribution in [0.15, 0.2) is 121 Å². The molecule has 4 aromatic carbocycles. The summed E-state index contributed by atoms with van der Waals surface area (Å²) < 4.78 is 0. The van der Waals surface area contributed by atoms with Gasteiger partial charge in [0, 0.05) is 24.2 Å². The number of amides is 4. The zero-order chi connectivity index (χ0) is 39.8. The Bertz CT molecular complexity index is 1730. The fourth-order valence-corrected chi connectivity index (χ4v) is 6.17. The molecule has 0 atom stereocenters. The first-order chi connectivity index (χ1) is 27.4. The molecule has 0 aliphatic rings. The number of unbranched alkanes of at least 4 members (excludes halogenated alkanes) is 10. The summed E-state index contributed by atoms with van der Waals surface area (Å²) in [5.41, 5.74) is 4.73. The van der Waals surface area contributed by atoms with Crippen molar-refractivity contribution >= 4 is 35.8 Å². The van der Waals surface area contributed by atoms with Gasteiger partial charge in [0.2, 0.25) is 0 Å². The predicted octanol–water partition coefficient (Wildman–Crippen LogP) is 9.85. The molecular formula is C48H58N4O4. The summed E-state index contributed by atoms with van der Waals surface area (Å²) in [4.78, 5) is 52.6. The van der Waals surface area contributed by atoms with Crippen LogP contribution in [-0.4, -0.2) is 36.7 Å². The molecule has 0 saturated carbocycles. The summed E-state index contributed by atoms with van der Waals surface area (Å²) in [5.74, 6) is -1.36. The average molecular weight is 755 g/mol. The normalized spacial score (nSPS) is 11.5. The summed E-state index contributed by atoms with van der Waals surface area (Å²) in [6.07, 6.45) is 16.8. The first-order valence-electron chi connectivity index (χ1n) is 20.3. The summed E-state index contributed by atoms with van der Waals surface area (Å²) in [7, 11) is 0. The van der Waals surface area contributed by atoms with E-state index >= 15 is 0 Å². The monoisotopic (exact) mass is 754 g/mol. The molecular weight excluding hydrogens is 697 g/mol. The largest absolute Gasteiger partial charge is 0.351 e. The van der Waals surface area contributed by atoms with E-state index in [9.17, 15) is 19.2 Å². The minimum atomic E-state index is -0.351. The van der Waals surface area contributed by atoms with Gasteiger partial charge < -0.3 is 21.3 Å². The van der Waals surface area contributed by atoms with Gasteiger partial charge in [0.25, 0.3) is 23.6 Å². The van der Waals surface area contributed by atoms with Crippen LogP contribution in [-0.2, 0) is 9.59 Å². The van der Waals surface area contributed by atoms with Crippen LogP contribution >= 0.6 is 0 Å². The number of carbonyl (C=O) groups excluding carboxylic acids is 4. The molecule has 0 bridgehead atoms. The molecule has 8 heteroatoms. The van der Waals surface area contributed by atoms with Gasteiger partial charge in [-0.05, 0) is 71.5 Å². The highest BCUT2D eigenvalue weighted by Gasteiger charge is 2.16. The molecule has 0 aliphatic heterocycles. The van der Waals surface area contributed by atoms with Gasteiger partial charge in [-0.25, -0.2) is 0 Å². The predicted molar refractivity (Wildman–Crippen MR) is 228 cm³/mol. The van der Waals surface area contributed by atoms with E-state index in [4.69, 9.17) is 0 Å². The Balaban J connectivity index is 1.45. The van der Waals surface area contributed by atoms with Crippen molar-refractivity contribution in [3.63, 3.8) is 0 Å². The number of benzene rings is 4. The number of hydrogen-bond donors (Lipinski definition) is 4. The summed E-state index contributed by atoms with van der Waals surface area (Å²) in [5, 5.41) is 11.6. The van der Waals surface area contributed by atoms with Gasteiger partial charge in [0.05, 0.1) is 0 Å². The van der Waals surface area contributed by atoms with Crippen LogP contribution in [0.25, 0.3) is 23.3 Å². The number of carbonyl (C=O) groups is 4. The van der Waals surface area contributed by atoms with Crippen LogP contribution in [0.4, 0.5) is 0 Å². The van der Waals surface area contributed by atoms with Crippen LogP contribution in [0.3, 0.4) is 0 Å². The lowest BCUT2D eigenvalue weighted by molar-refractivity contribution is -0.118. The second-order valence-electron chi connectivity index (χ2n) is 14.0. The maximum absolute atomic E-state index is 13.3. The molecule has 0 aliphatic carbocycles. The fraction of sp³-hybridized carbons (Fsp3) is 0.333. The van der Waals surface area contributed by atoms with Crippen molar-refractivity contribution in [2.45, 2.75) is 90.9 Å². The van der Waals surface area contributed by atoms with Gasteiger partial charge >= 0.3 is 0 Å². The summed E-state index contributed by atoms with van der Waals surface area (Å²) >= 11 is 0. The first-order valence-corrected chi connectivity index (χ1v) is 20.3. The second kappa shape index (κ2) is 24.6. The van der Waals surface area contributed by atoms with Gasteiger partial charge in [-0.1, -0.05) is 163 Å². The number of hydrogen-bond acceptors (Lipinski definition) is 4. The standard InChI is InChI=1S/C48H58N4O4/c1-3-5-7-9-11-19-33-49-47(55)43(51-45(53)41-21-15-13-16-22-41)35-37-25-29-39(30-26-37)40-31-27-38(28-32-40)36-44(52-46(54)42-23-17-14-18-24-42)48(56)50-34-20-12-10-8-6-4-2/h13-18,21-32,35-36H,3-12,19-20,33-34H2,1-2H3,(H,49,55)(H,50,56)(H,51,53)(H,52,54)/b43-35+,44-36+. The van der Waals surface area contributed by atoms with E-state index in [1.54, 1.807) is 60.7 Å². The maximum atomic E-state index is 13.3. The molecule has 56 heavy (non-hydrogen) atoms. The minimum absolute atomic E-state index is 0.180. The molecule has 0 spiro atoms. The van der Waals surface area contributed by atoms with Crippen LogP contribution in [0.2, 0.25) is 0 Å². The fourth-order valence-electron chi connectivity index (χ4n) is 6.17. The average Bonchev–Trinajstić information content (AvgIpc) is 3.23. The number of rotatable bonds is 23. The summed E-state index contributed by atoms with van der Waals surface area (Å²) in [6.45, 7) is 5.46. The smallest absolute Gasteiger partial charge is 0.267 e. The van der Waals surface area contributed by atoms with E-state index in [1.165, 1.54) is 38.5 Å². The SMILES string of the molecule is CCCCCCCCNC(=O)/C(=C\c1ccc(-c2ccc(/C=C(/NC(=O)c3ccccc3)C(=O)NCCCCCCCC)cc2)cc1)NC(=O)c1ccccc1. The lowest BCUT2D eigenvalue weighted by Crippen LogP contribution is -2.35. The maximum Gasteiger partial charge on any atom is 0.267 e. The number of nitrogens with one attached hydrogen (secondary N) is 4. The molecule has 0 unspecified atom stereocenters. The molecule has 0 aromatic heterocycles. The first kappa shape index (κ1) is 43.0. The highest BCUT2D eigenvalue weighted by Crippen LogP contribution is 2.22. The van der Waals surface area contributed by atoms with Crippen LogP contribution in [0.5, 0.6) is 0 Å². The van der Waals surface area contributed by atoms with Gasteiger partial charge in [0.15, 0.2) is 0 Å². The zero-order valence-electron chi connectivity index (χ0n) is 33.1. The van der Waals surface area contributed by atoms with Gasteiger partial charge in [-0.3, -0.25) is 19.2 Å². The molecule has 4 N–H and O–H groups in total. The third kappa shape index (κ3) is 15.2. The van der Waals surface area contributed by atoms with E-state index in [1.807, 2.05) is 60.7 Å². The Hall–Kier alpha value is -5.76. The van der Waals surface area contributed by atoms with Crippen molar-refractivity contribution in [1.82, 2.24) is 21.3 Å². The van der Waals surface area contributed by atoms with E-state index in [0.717, 1.165) is 60.8 Å². The summed E-state index contributed by atoms with van der Waals surface area (Å²) in [6, 6.07) is 33.2. The zero-order valence-corrected chi connectivity index (χ0v) is 33.1. The van der Waals surface area contributed by atoms with E-state index in [2.05, 4.69) is 35.1 Å². The molecule has 0 radical (unpaired) electrons. The van der Waals surface area contributed by atoms with Crippen molar-refractivity contribution in [2.24, 2.45) is 0 Å². The Morgan fingerprint density at radius 1 is 0.429 bits per heavy atom. The molecule has 0 saturated heterocycles. The third-order valence-corrected chi connectivity index (χ3v) is 9.47. The molecule has 4 aromatic rings. The Labute approximate surface area is 333 Å². The van der Waals surface area contributed by atoms with E-state index in [-0.39, 0.29) is 35.0 Å². The lowest BCUT2D eigenvalue weighted by atomic mass is 10.0. The third-order valence-electron chi connectivity index (χ3n) is 9.47. The molecule has 8 nitrogen and oxygen atoms in total. The molecule has 0 heterocycles. The Kier molecular flexibility index (Phi) is 18.9. The highest BCUT2D eigenvalue weighted by molar-refractivity contribution is 6.06. The van der Waals surface area contributed by atoms with Crippen molar-refractivity contribution in [1.29, 1.82) is 0 Å². The van der Waals surface area contributed by atoms with Crippen molar-refractivity contribution in [3.8, 4) is 11.1 Å². The second-order valence-corrected chi connectivity index (χ2v) is 14.0. The molecule has 0 fully saturated rings. The topological polar surface area (TPSA) is 116 Å². The Morgan fingerprint density at radius 2 is 0.768 bits per heavy atom. The van der Waals surface area contributed by atoms with Gasteiger partial charge in [-0.15, -0.1) is 0 Å². The quantitative estimate of drug-likeness (QED) is 0.0446. The van der Waals surface area contributed by atoms with E-state index in [0.29, 0.717) is 24.2 Å². The van der Waals surface area contributed by atoms with Crippen molar-refractivity contribution in [3.05, 3.63) is 143 Å². The van der Waals surface area contributed by atoms with Gasteiger partial charge in [0.1, 0.15) is 11.4 Å². The van der Waals surface area contributed by atoms with Gasteiger partial charge in [-0.2, -0.15) is 0 Å². The van der Waals surface area contributed by atoms with Crippen molar-refractivity contribution in [2.75, 3.05) is 13.1 Å². The van der Waals surface area contributed by atoms with E-state index < -0.39 is 0 Å². The minimum Gasteiger partial charge on any atom is -0.351 e. The Morgan fingerprint density at radius 3 is 1.12 bits per heavy atom. The van der Waals surface area contributed by atoms with Crippen LogP contribution in [0, 0.1) is 0 Å².